The minimum absolute atomic E-state index is 0.0597. The van der Waals surface area contributed by atoms with E-state index in [-0.39, 0.29) is 24.4 Å². The largest absolute Gasteiger partial charge is 0.481 e. The fraction of sp³-hybridized carbons (Fsp3) is 0.250. The molecular weight excluding hydrogens is 563 g/mol. The molecule has 13 heteroatoms. The van der Waals surface area contributed by atoms with Crippen molar-refractivity contribution in [2.24, 2.45) is 0 Å². The third kappa shape index (κ3) is 6.74. The average Bonchev–Trinajstić information content (AvgIpc) is 2.91. The molecule has 1 saturated heterocycles. The Morgan fingerprint density at radius 2 is 1.61 bits per heavy atom. The van der Waals surface area contributed by atoms with Gasteiger partial charge in [0.25, 0.3) is 11.8 Å². The second kappa shape index (κ2) is 12.1. The van der Waals surface area contributed by atoms with Crippen LogP contribution in [-0.2, 0) is 19.6 Å². The molecule has 1 fully saturated rings. The van der Waals surface area contributed by atoms with E-state index in [4.69, 9.17) is 0 Å². The topological polar surface area (TPSA) is 124 Å². The van der Waals surface area contributed by atoms with E-state index in [1.54, 1.807) is 31.2 Å². The number of benzene rings is 3. The maximum Gasteiger partial charge on any atom is 0.305 e. The molecule has 4 rings (SSSR count). The molecule has 216 valence electrons. The summed E-state index contributed by atoms with van der Waals surface area (Å²) in [5.74, 6) is -6.11. The summed E-state index contributed by atoms with van der Waals surface area (Å²) < 4.78 is 69.6. The number of nitrogens with one attached hydrogen (secondary N) is 1. The van der Waals surface area contributed by atoms with E-state index >= 15 is 0 Å². The first-order chi connectivity index (χ1) is 19.4. The minimum atomic E-state index is -4.52. The summed E-state index contributed by atoms with van der Waals surface area (Å²) in [4.78, 5) is 39.5. The van der Waals surface area contributed by atoms with E-state index < -0.39 is 69.5 Å². The van der Waals surface area contributed by atoms with Crippen molar-refractivity contribution in [3.8, 4) is 0 Å². The maximum atomic E-state index is 14.0. The van der Waals surface area contributed by atoms with Crippen molar-refractivity contribution in [1.82, 2.24) is 14.5 Å². The lowest BCUT2D eigenvalue weighted by atomic mass is 10.0. The fourth-order valence-corrected chi connectivity index (χ4v) is 6.27. The molecule has 2 N–H and O–H groups in total. The van der Waals surface area contributed by atoms with Crippen LogP contribution in [0.5, 0.6) is 0 Å². The number of hydrogen-bond acceptors (Lipinski definition) is 5. The normalized spacial score (nSPS) is 16.7. The van der Waals surface area contributed by atoms with Crippen LogP contribution in [0, 0.1) is 24.4 Å². The third-order valence-electron chi connectivity index (χ3n) is 6.51. The number of carboxylic acid groups (broad SMARTS) is 1. The van der Waals surface area contributed by atoms with Crippen molar-refractivity contribution < 1.29 is 41.1 Å². The number of carbonyl (C=O) groups excluding carboxylic acids is 2. The van der Waals surface area contributed by atoms with E-state index in [1.807, 2.05) is 0 Å². The quantitative estimate of drug-likeness (QED) is 0.414. The Balaban J connectivity index is 1.78. The molecule has 3 aromatic rings. The summed E-state index contributed by atoms with van der Waals surface area (Å²) >= 11 is 0. The zero-order valence-corrected chi connectivity index (χ0v) is 22.6. The molecule has 0 aromatic heterocycles. The predicted molar refractivity (Wildman–Crippen MR) is 140 cm³/mol. The second-order valence-electron chi connectivity index (χ2n) is 9.53. The summed E-state index contributed by atoms with van der Waals surface area (Å²) in [6.07, 6.45) is -2.36. The molecule has 0 radical (unpaired) electrons. The molecule has 0 saturated carbocycles. The minimum Gasteiger partial charge on any atom is -0.481 e. The van der Waals surface area contributed by atoms with Crippen molar-refractivity contribution >= 4 is 27.8 Å². The lowest BCUT2D eigenvalue weighted by molar-refractivity contribution is -0.138. The fourth-order valence-electron chi connectivity index (χ4n) is 4.68. The average molecular weight is 590 g/mol. The van der Waals surface area contributed by atoms with E-state index in [0.29, 0.717) is 11.6 Å². The SMILES string of the molecule is Cc1cccc(C(CC(=O)O)NC(=O)C2N(C(=O)c3cc(F)cc(F)c3)CCCN2S(=O)(=O)c2ccc(F)cc2)c1. The number of carbonyl (C=O) groups is 3. The molecule has 1 heterocycles. The van der Waals surface area contributed by atoms with Gasteiger partial charge in [0, 0.05) is 24.7 Å². The van der Waals surface area contributed by atoms with Crippen molar-refractivity contribution in [3.05, 3.63) is 101 Å². The van der Waals surface area contributed by atoms with Gasteiger partial charge in [0.05, 0.1) is 17.4 Å². The molecule has 1 aliphatic rings. The summed E-state index contributed by atoms with van der Waals surface area (Å²) in [6, 6.07) is 11.5. The molecule has 41 heavy (non-hydrogen) atoms. The van der Waals surface area contributed by atoms with Crippen molar-refractivity contribution in [1.29, 1.82) is 0 Å². The molecule has 0 bridgehead atoms. The number of rotatable bonds is 8. The van der Waals surface area contributed by atoms with Crippen LogP contribution in [0.4, 0.5) is 13.2 Å². The number of aliphatic carboxylic acids is 1. The van der Waals surface area contributed by atoms with Crippen LogP contribution in [0.15, 0.2) is 71.6 Å². The standard InChI is InChI=1S/C28H26F3N3O6S/c1-17-4-2-5-18(12-17)24(16-25(35)36)32-26(37)27-33(28(38)19-13-21(30)15-22(31)14-19)10-3-11-34(27)41(39,40)23-8-6-20(29)7-9-23/h2,4-9,12-15,24,27H,3,10-11,16H2,1H3,(H,32,37)(H,35,36). The highest BCUT2D eigenvalue weighted by atomic mass is 32.2. The number of hydrogen-bond donors (Lipinski definition) is 2. The number of amides is 2. The molecule has 0 aliphatic carbocycles. The third-order valence-corrected chi connectivity index (χ3v) is 8.38. The monoisotopic (exact) mass is 589 g/mol. The van der Waals surface area contributed by atoms with Crippen LogP contribution in [0.1, 0.15) is 40.4 Å². The number of nitrogens with zero attached hydrogens (tertiary/aromatic N) is 2. The Morgan fingerprint density at radius 3 is 2.22 bits per heavy atom. The lowest BCUT2D eigenvalue weighted by Gasteiger charge is -2.42. The maximum absolute atomic E-state index is 14.0. The highest BCUT2D eigenvalue weighted by Gasteiger charge is 2.45. The Kier molecular flexibility index (Phi) is 8.78. The van der Waals surface area contributed by atoms with Crippen LogP contribution < -0.4 is 5.32 Å². The summed E-state index contributed by atoms with van der Waals surface area (Å²) in [6.45, 7) is 1.38. The van der Waals surface area contributed by atoms with Crippen LogP contribution in [0.3, 0.4) is 0 Å². The van der Waals surface area contributed by atoms with E-state index in [9.17, 15) is 41.1 Å². The molecule has 2 unspecified atom stereocenters. The molecule has 0 spiro atoms. The van der Waals surface area contributed by atoms with Crippen molar-refractivity contribution in [2.75, 3.05) is 13.1 Å². The summed E-state index contributed by atoms with van der Waals surface area (Å²) in [5, 5.41) is 12.1. The zero-order chi connectivity index (χ0) is 29.9. The number of carboxylic acids is 1. The Morgan fingerprint density at radius 1 is 0.951 bits per heavy atom. The molecule has 3 aromatic carbocycles. The molecule has 2 atom stereocenters. The number of sulfonamides is 1. The van der Waals surface area contributed by atoms with Gasteiger partial charge in [-0.3, -0.25) is 14.4 Å². The first-order valence-electron chi connectivity index (χ1n) is 12.5. The van der Waals surface area contributed by atoms with Gasteiger partial charge >= 0.3 is 5.97 Å². The highest BCUT2D eigenvalue weighted by Crippen LogP contribution is 2.28. The predicted octanol–water partition coefficient (Wildman–Crippen LogP) is 3.61. The van der Waals surface area contributed by atoms with Crippen LogP contribution in [-0.4, -0.2) is 59.8 Å². The summed E-state index contributed by atoms with van der Waals surface area (Å²) in [5.41, 5.74) is 0.743. The van der Waals surface area contributed by atoms with Gasteiger partial charge in [-0.25, -0.2) is 21.6 Å². The molecule has 9 nitrogen and oxygen atoms in total. The van der Waals surface area contributed by atoms with Gasteiger partial charge < -0.3 is 15.3 Å². The van der Waals surface area contributed by atoms with Crippen LogP contribution >= 0.6 is 0 Å². The molecule has 2 amide bonds. The van der Waals surface area contributed by atoms with Gasteiger partial charge in [-0.1, -0.05) is 29.8 Å². The lowest BCUT2D eigenvalue weighted by Crippen LogP contribution is -2.63. The van der Waals surface area contributed by atoms with Crippen LogP contribution in [0.2, 0.25) is 0 Å². The van der Waals surface area contributed by atoms with Crippen molar-refractivity contribution in [2.45, 2.75) is 36.9 Å². The zero-order valence-electron chi connectivity index (χ0n) is 21.8. The molecular formula is C28H26F3N3O6S. The first-order valence-corrected chi connectivity index (χ1v) is 13.9. The van der Waals surface area contributed by atoms with Gasteiger partial charge in [0.1, 0.15) is 17.5 Å². The van der Waals surface area contributed by atoms with E-state index in [2.05, 4.69) is 5.32 Å². The van der Waals surface area contributed by atoms with Gasteiger partial charge in [-0.05, 0) is 55.3 Å². The van der Waals surface area contributed by atoms with E-state index in [0.717, 1.165) is 51.2 Å². The Hall–Kier alpha value is -4.23. The van der Waals surface area contributed by atoms with Crippen molar-refractivity contribution in [3.63, 3.8) is 0 Å². The first kappa shape index (κ1) is 29.7. The Bertz CT molecular complexity index is 1560. The van der Waals surface area contributed by atoms with Gasteiger partial charge in [-0.15, -0.1) is 0 Å². The summed E-state index contributed by atoms with van der Waals surface area (Å²) in [7, 11) is -4.52. The van der Waals surface area contributed by atoms with Gasteiger partial charge in [0.15, 0.2) is 6.17 Å². The second-order valence-corrected chi connectivity index (χ2v) is 11.4. The van der Waals surface area contributed by atoms with E-state index in [1.165, 1.54) is 0 Å². The number of aryl methyl sites for hydroxylation is 1. The van der Waals surface area contributed by atoms with Crippen LogP contribution in [0.25, 0.3) is 0 Å². The van der Waals surface area contributed by atoms with Gasteiger partial charge in [-0.2, -0.15) is 4.31 Å². The molecule has 1 aliphatic heterocycles. The number of halogens is 3. The highest BCUT2D eigenvalue weighted by molar-refractivity contribution is 7.89. The van der Waals surface area contributed by atoms with Gasteiger partial charge in [0.2, 0.25) is 10.0 Å². The Labute approximate surface area is 234 Å². The smallest absolute Gasteiger partial charge is 0.305 e.